The first-order valence-corrected chi connectivity index (χ1v) is 6.73. The van der Waals surface area contributed by atoms with Crippen molar-refractivity contribution in [2.24, 2.45) is 0 Å². The molecule has 114 valence electrons. The number of aromatic nitrogens is 1. The number of alkyl halides is 3. The molecular weight excluding hydrogens is 267 g/mol. The average Bonchev–Trinajstić information content (AvgIpc) is 2.33. The number of halogens is 3. The van der Waals surface area contributed by atoms with Gasteiger partial charge in [0.25, 0.3) is 0 Å². The maximum absolute atomic E-state index is 12.7. The fourth-order valence-electron chi connectivity index (χ4n) is 1.90. The Morgan fingerprint density at radius 1 is 1.35 bits per heavy atom. The number of anilines is 1. The molecule has 1 heterocycles. The van der Waals surface area contributed by atoms with E-state index in [9.17, 15) is 13.2 Å². The number of nitrogens with zero attached hydrogens (tertiary/aromatic N) is 2. The average molecular weight is 289 g/mol. The Morgan fingerprint density at radius 2 is 2.00 bits per heavy atom. The first-order valence-electron chi connectivity index (χ1n) is 6.73. The molecule has 0 fully saturated rings. The lowest BCUT2D eigenvalue weighted by atomic mass is 10.1. The highest BCUT2D eigenvalue weighted by Crippen LogP contribution is 2.25. The Balaban J connectivity index is 3.02. The van der Waals surface area contributed by atoms with Gasteiger partial charge < -0.3 is 10.2 Å². The lowest BCUT2D eigenvalue weighted by Crippen LogP contribution is -2.35. The van der Waals surface area contributed by atoms with E-state index < -0.39 is 12.7 Å². The van der Waals surface area contributed by atoms with Crippen LogP contribution < -0.4 is 10.2 Å². The van der Waals surface area contributed by atoms with Crippen molar-refractivity contribution in [3.8, 4) is 0 Å². The van der Waals surface area contributed by atoms with Crippen LogP contribution in [-0.4, -0.2) is 30.3 Å². The molecule has 0 aliphatic heterocycles. The van der Waals surface area contributed by atoms with Crippen LogP contribution in [0.4, 0.5) is 18.9 Å². The second-order valence-corrected chi connectivity index (χ2v) is 5.12. The summed E-state index contributed by atoms with van der Waals surface area (Å²) < 4.78 is 38.0. The van der Waals surface area contributed by atoms with Crippen LogP contribution in [0.15, 0.2) is 12.3 Å². The quantitative estimate of drug-likeness (QED) is 0.871. The van der Waals surface area contributed by atoms with E-state index in [0.717, 1.165) is 5.56 Å². The SMILES string of the molecule is CCN(CC(F)(F)F)c1cc(C)ncc1CNC(C)C. The summed E-state index contributed by atoms with van der Waals surface area (Å²) in [6.45, 7) is 7.36. The highest BCUT2D eigenvalue weighted by atomic mass is 19.4. The second-order valence-electron chi connectivity index (χ2n) is 5.12. The third-order valence-corrected chi connectivity index (χ3v) is 2.89. The van der Waals surface area contributed by atoms with Gasteiger partial charge in [0, 0.05) is 42.3 Å². The summed E-state index contributed by atoms with van der Waals surface area (Å²) in [5.74, 6) is 0. The molecule has 0 aromatic carbocycles. The molecule has 3 nitrogen and oxygen atoms in total. The fourth-order valence-corrected chi connectivity index (χ4v) is 1.90. The van der Waals surface area contributed by atoms with Crippen LogP contribution in [0.1, 0.15) is 32.0 Å². The second kappa shape index (κ2) is 6.92. The third kappa shape index (κ3) is 5.36. The molecule has 6 heteroatoms. The Kier molecular flexibility index (Phi) is 5.80. The molecule has 1 rings (SSSR count). The molecule has 1 N–H and O–H groups in total. The van der Waals surface area contributed by atoms with Crippen molar-refractivity contribution < 1.29 is 13.2 Å². The number of pyridine rings is 1. The Hall–Kier alpha value is -1.30. The smallest absolute Gasteiger partial charge is 0.363 e. The molecule has 0 aliphatic rings. The minimum Gasteiger partial charge on any atom is -0.363 e. The fraction of sp³-hybridized carbons (Fsp3) is 0.643. The highest BCUT2D eigenvalue weighted by molar-refractivity contribution is 5.53. The number of hydrogen-bond acceptors (Lipinski definition) is 3. The minimum absolute atomic E-state index is 0.266. The van der Waals surface area contributed by atoms with Gasteiger partial charge in [-0.3, -0.25) is 4.98 Å². The summed E-state index contributed by atoms with van der Waals surface area (Å²) in [6.07, 6.45) is -2.56. The predicted octanol–water partition coefficient (Wildman–Crippen LogP) is 3.28. The monoisotopic (exact) mass is 289 g/mol. The van der Waals surface area contributed by atoms with Crippen molar-refractivity contribution in [2.45, 2.75) is 46.5 Å². The van der Waals surface area contributed by atoms with Crippen LogP contribution >= 0.6 is 0 Å². The molecule has 0 amide bonds. The van der Waals surface area contributed by atoms with E-state index in [0.29, 0.717) is 24.5 Å². The van der Waals surface area contributed by atoms with Crippen molar-refractivity contribution in [3.63, 3.8) is 0 Å². The topological polar surface area (TPSA) is 28.2 Å². The lowest BCUT2D eigenvalue weighted by Gasteiger charge is -2.27. The van der Waals surface area contributed by atoms with E-state index >= 15 is 0 Å². The summed E-state index contributed by atoms with van der Waals surface area (Å²) in [4.78, 5) is 5.52. The molecular formula is C14H22F3N3. The molecule has 20 heavy (non-hydrogen) atoms. The minimum atomic E-state index is -4.21. The number of rotatable bonds is 6. The summed E-state index contributed by atoms with van der Waals surface area (Å²) in [7, 11) is 0. The standard InChI is InChI=1S/C14H22F3N3/c1-5-20(9-14(15,16)17)13-6-11(4)19-8-12(13)7-18-10(2)3/h6,8,10,18H,5,7,9H2,1-4H3. The summed E-state index contributed by atoms with van der Waals surface area (Å²) >= 11 is 0. The van der Waals surface area contributed by atoms with Crippen molar-refractivity contribution >= 4 is 5.69 Å². The molecule has 0 spiro atoms. The van der Waals surface area contributed by atoms with Crippen molar-refractivity contribution in [3.05, 3.63) is 23.5 Å². The van der Waals surface area contributed by atoms with E-state index in [1.807, 2.05) is 13.8 Å². The van der Waals surface area contributed by atoms with Crippen LogP contribution in [0.3, 0.4) is 0 Å². The molecule has 0 bridgehead atoms. The summed E-state index contributed by atoms with van der Waals surface area (Å²) in [5, 5.41) is 3.22. The van der Waals surface area contributed by atoms with E-state index in [1.54, 1.807) is 26.1 Å². The maximum atomic E-state index is 12.7. The highest BCUT2D eigenvalue weighted by Gasteiger charge is 2.31. The summed E-state index contributed by atoms with van der Waals surface area (Å²) in [5.41, 5.74) is 2.11. The largest absolute Gasteiger partial charge is 0.405 e. The Bertz CT molecular complexity index is 430. The van der Waals surface area contributed by atoms with Gasteiger partial charge in [0.1, 0.15) is 6.54 Å². The van der Waals surface area contributed by atoms with E-state index in [2.05, 4.69) is 10.3 Å². The van der Waals surface area contributed by atoms with E-state index in [4.69, 9.17) is 0 Å². The Morgan fingerprint density at radius 3 is 2.50 bits per heavy atom. The normalized spacial score (nSPS) is 12.0. The number of aryl methyl sites for hydroxylation is 1. The van der Waals surface area contributed by atoms with Gasteiger partial charge in [0.15, 0.2) is 0 Å². The van der Waals surface area contributed by atoms with Gasteiger partial charge in [0.2, 0.25) is 0 Å². The lowest BCUT2D eigenvalue weighted by molar-refractivity contribution is -0.119. The van der Waals surface area contributed by atoms with Crippen molar-refractivity contribution in [1.82, 2.24) is 10.3 Å². The van der Waals surface area contributed by atoms with Crippen molar-refractivity contribution in [1.29, 1.82) is 0 Å². The third-order valence-electron chi connectivity index (χ3n) is 2.89. The zero-order chi connectivity index (χ0) is 15.3. The van der Waals surface area contributed by atoms with Gasteiger partial charge in [-0.15, -0.1) is 0 Å². The number of nitrogens with one attached hydrogen (secondary N) is 1. The molecule has 0 saturated heterocycles. The van der Waals surface area contributed by atoms with Gasteiger partial charge in [-0.1, -0.05) is 13.8 Å². The van der Waals surface area contributed by atoms with Gasteiger partial charge in [-0.2, -0.15) is 13.2 Å². The van der Waals surface area contributed by atoms with E-state index in [1.165, 1.54) is 4.90 Å². The molecule has 0 atom stereocenters. The van der Waals surface area contributed by atoms with Crippen LogP contribution in [0, 0.1) is 6.92 Å². The van der Waals surface area contributed by atoms with Crippen LogP contribution in [0.25, 0.3) is 0 Å². The summed E-state index contributed by atoms with van der Waals surface area (Å²) in [6, 6.07) is 1.98. The zero-order valence-electron chi connectivity index (χ0n) is 12.4. The van der Waals surface area contributed by atoms with Gasteiger partial charge in [0.05, 0.1) is 0 Å². The van der Waals surface area contributed by atoms with E-state index in [-0.39, 0.29) is 6.04 Å². The molecule has 0 unspecified atom stereocenters. The van der Waals surface area contributed by atoms with Gasteiger partial charge in [-0.05, 0) is 19.9 Å². The maximum Gasteiger partial charge on any atom is 0.405 e. The number of hydrogen-bond donors (Lipinski definition) is 1. The first-order chi connectivity index (χ1) is 9.23. The first kappa shape index (κ1) is 16.8. The molecule has 1 aromatic heterocycles. The molecule has 1 aromatic rings. The van der Waals surface area contributed by atoms with Crippen LogP contribution in [-0.2, 0) is 6.54 Å². The van der Waals surface area contributed by atoms with Gasteiger partial charge in [-0.25, -0.2) is 0 Å². The molecule has 0 saturated carbocycles. The molecule has 0 aliphatic carbocycles. The Labute approximate surface area is 118 Å². The van der Waals surface area contributed by atoms with Crippen LogP contribution in [0.2, 0.25) is 0 Å². The predicted molar refractivity (Wildman–Crippen MR) is 74.9 cm³/mol. The van der Waals surface area contributed by atoms with Crippen LogP contribution in [0.5, 0.6) is 0 Å². The molecule has 0 radical (unpaired) electrons. The zero-order valence-corrected chi connectivity index (χ0v) is 12.4. The van der Waals surface area contributed by atoms with Gasteiger partial charge >= 0.3 is 6.18 Å². The van der Waals surface area contributed by atoms with Crippen molar-refractivity contribution in [2.75, 3.05) is 18.0 Å².